The van der Waals surface area contributed by atoms with Gasteiger partial charge in [-0.1, -0.05) is 0 Å². The third kappa shape index (κ3) is 2.84. The molecule has 2 aliphatic heterocycles. The third-order valence-electron chi connectivity index (χ3n) is 5.03. The van der Waals surface area contributed by atoms with E-state index in [0.29, 0.717) is 18.6 Å². The van der Waals surface area contributed by atoms with Gasteiger partial charge in [0.2, 0.25) is 5.91 Å². The van der Waals surface area contributed by atoms with Crippen LogP contribution in [-0.4, -0.2) is 57.7 Å². The van der Waals surface area contributed by atoms with Gasteiger partial charge >= 0.3 is 0 Å². The van der Waals surface area contributed by atoms with E-state index in [1.807, 2.05) is 24.6 Å². The number of aryl methyl sites for hydroxylation is 2. The van der Waals surface area contributed by atoms with E-state index in [9.17, 15) is 4.79 Å². The zero-order chi connectivity index (χ0) is 15.0. The number of carbonyl (C=O) groups is 1. The van der Waals surface area contributed by atoms with Gasteiger partial charge in [-0.05, 0) is 59.2 Å². The van der Waals surface area contributed by atoms with Gasteiger partial charge in [0.05, 0.1) is 5.69 Å². The van der Waals surface area contributed by atoms with Crippen LogP contribution in [0.3, 0.4) is 0 Å². The molecule has 1 aromatic heterocycles. The van der Waals surface area contributed by atoms with Gasteiger partial charge in [-0.25, -0.2) is 0 Å². The van der Waals surface area contributed by atoms with Crippen LogP contribution in [0, 0.1) is 13.8 Å². The zero-order valence-corrected chi connectivity index (χ0v) is 13.4. The molecule has 21 heavy (non-hydrogen) atoms. The highest BCUT2D eigenvalue weighted by Gasteiger charge is 2.38. The van der Waals surface area contributed by atoms with Crippen molar-refractivity contribution in [1.82, 2.24) is 19.6 Å². The topological polar surface area (TPSA) is 41.4 Å². The predicted octanol–water partition coefficient (Wildman–Crippen LogP) is 1.59. The van der Waals surface area contributed by atoms with E-state index in [1.165, 1.54) is 19.4 Å². The number of likely N-dealkylation sites (N-methyl/N-ethyl adjacent to an activating group) is 1. The second kappa shape index (κ2) is 5.79. The summed E-state index contributed by atoms with van der Waals surface area (Å²) >= 11 is 0. The summed E-state index contributed by atoms with van der Waals surface area (Å²) in [6, 6.07) is 2.98. The van der Waals surface area contributed by atoms with Crippen molar-refractivity contribution in [3.8, 4) is 0 Å². The second-order valence-corrected chi connectivity index (χ2v) is 6.57. The van der Waals surface area contributed by atoms with E-state index < -0.39 is 0 Å². The molecular weight excluding hydrogens is 264 g/mol. The van der Waals surface area contributed by atoms with Crippen LogP contribution in [0.5, 0.6) is 0 Å². The Bertz CT molecular complexity index is 524. The SMILES string of the molecule is Cc1cc(C)n(CC(=O)N2CCC[C@@H]2[C@@H]2CCCN2C)n1. The highest BCUT2D eigenvalue weighted by atomic mass is 16.2. The first-order valence-electron chi connectivity index (χ1n) is 8.07. The van der Waals surface area contributed by atoms with Crippen LogP contribution in [0.1, 0.15) is 37.1 Å². The van der Waals surface area contributed by atoms with Crippen molar-refractivity contribution in [2.45, 2.75) is 58.2 Å². The van der Waals surface area contributed by atoms with Crippen LogP contribution in [0.15, 0.2) is 6.07 Å². The molecule has 0 aromatic carbocycles. The lowest BCUT2D eigenvalue weighted by atomic mass is 10.0. The average molecular weight is 290 g/mol. The van der Waals surface area contributed by atoms with E-state index in [2.05, 4.69) is 21.9 Å². The molecule has 1 aromatic rings. The van der Waals surface area contributed by atoms with Crippen LogP contribution in [0.4, 0.5) is 0 Å². The Morgan fingerprint density at radius 2 is 1.95 bits per heavy atom. The first-order chi connectivity index (χ1) is 10.1. The molecule has 3 heterocycles. The first kappa shape index (κ1) is 14.6. The van der Waals surface area contributed by atoms with Gasteiger partial charge < -0.3 is 9.80 Å². The van der Waals surface area contributed by atoms with Gasteiger partial charge in [0, 0.05) is 24.3 Å². The molecule has 2 atom stereocenters. The molecule has 5 nitrogen and oxygen atoms in total. The van der Waals surface area contributed by atoms with E-state index in [1.54, 1.807) is 0 Å². The predicted molar refractivity (Wildman–Crippen MR) is 82.1 cm³/mol. The Morgan fingerprint density at radius 3 is 2.57 bits per heavy atom. The number of likely N-dealkylation sites (tertiary alicyclic amines) is 2. The molecule has 0 N–H and O–H groups in total. The van der Waals surface area contributed by atoms with Crippen molar-refractivity contribution >= 4 is 5.91 Å². The first-order valence-corrected chi connectivity index (χ1v) is 8.07. The lowest BCUT2D eigenvalue weighted by Crippen LogP contribution is -2.48. The molecule has 2 fully saturated rings. The third-order valence-corrected chi connectivity index (χ3v) is 5.03. The Hall–Kier alpha value is -1.36. The van der Waals surface area contributed by atoms with Gasteiger partial charge in [0.25, 0.3) is 0 Å². The maximum Gasteiger partial charge on any atom is 0.244 e. The smallest absolute Gasteiger partial charge is 0.244 e. The summed E-state index contributed by atoms with van der Waals surface area (Å²) in [6.45, 7) is 6.44. The van der Waals surface area contributed by atoms with Crippen molar-refractivity contribution in [2.75, 3.05) is 20.1 Å². The Balaban J connectivity index is 1.70. The maximum absolute atomic E-state index is 12.7. The van der Waals surface area contributed by atoms with Crippen molar-refractivity contribution in [3.05, 3.63) is 17.5 Å². The monoisotopic (exact) mass is 290 g/mol. The van der Waals surface area contributed by atoms with Crippen LogP contribution < -0.4 is 0 Å². The van der Waals surface area contributed by atoms with Crippen molar-refractivity contribution in [2.24, 2.45) is 0 Å². The summed E-state index contributed by atoms with van der Waals surface area (Å²) < 4.78 is 1.84. The Morgan fingerprint density at radius 1 is 1.24 bits per heavy atom. The fourth-order valence-electron chi connectivity index (χ4n) is 3.98. The van der Waals surface area contributed by atoms with Gasteiger partial charge in [0.15, 0.2) is 0 Å². The van der Waals surface area contributed by atoms with E-state index in [0.717, 1.165) is 30.8 Å². The molecule has 2 aliphatic rings. The number of amides is 1. The number of aromatic nitrogens is 2. The molecular formula is C16H26N4O. The summed E-state index contributed by atoms with van der Waals surface area (Å²) in [5, 5.41) is 4.42. The van der Waals surface area contributed by atoms with Gasteiger partial charge in [-0.2, -0.15) is 5.10 Å². The van der Waals surface area contributed by atoms with E-state index in [-0.39, 0.29) is 5.91 Å². The molecule has 5 heteroatoms. The largest absolute Gasteiger partial charge is 0.337 e. The minimum atomic E-state index is 0.226. The molecule has 116 valence electrons. The van der Waals surface area contributed by atoms with Gasteiger partial charge in [-0.15, -0.1) is 0 Å². The van der Waals surface area contributed by atoms with Gasteiger partial charge in [-0.3, -0.25) is 9.48 Å². The number of nitrogens with zero attached hydrogens (tertiary/aromatic N) is 4. The molecule has 0 saturated carbocycles. The van der Waals surface area contributed by atoms with Crippen LogP contribution in [0.25, 0.3) is 0 Å². The van der Waals surface area contributed by atoms with Crippen LogP contribution in [-0.2, 0) is 11.3 Å². The number of rotatable bonds is 3. The molecule has 0 spiro atoms. The number of carbonyl (C=O) groups excluding carboxylic acids is 1. The lowest BCUT2D eigenvalue weighted by Gasteiger charge is -2.33. The Kier molecular flexibility index (Phi) is 4.02. The number of hydrogen-bond acceptors (Lipinski definition) is 3. The van der Waals surface area contributed by atoms with Crippen molar-refractivity contribution in [3.63, 3.8) is 0 Å². The molecule has 0 radical (unpaired) electrons. The molecule has 0 aliphatic carbocycles. The lowest BCUT2D eigenvalue weighted by molar-refractivity contribution is -0.133. The highest BCUT2D eigenvalue weighted by Crippen LogP contribution is 2.29. The van der Waals surface area contributed by atoms with Gasteiger partial charge in [0.1, 0.15) is 6.54 Å². The maximum atomic E-state index is 12.7. The fraction of sp³-hybridized carbons (Fsp3) is 0.750. The summed E-state index contributed by atoms with van der Waals surface area (Å²) in [7, 11) is 2.19. The zero-order valence-electron chi connectivity index (χ0n) is 13.4. The fourth-order valence-corrected chi connectivity index (χ4v) is 3.98. The molecule has 0 bridgehead atoms. The van der Waals surface area contributed by atoms with Crippen molar-refractivity contribution in [1.29, 1.82) is 0 Å². The Labute approximate surface area is 126 Å². The normalized spacial score (nSPS) is 26.7. The standard InChI is InChI=1S/C16H26N4O/c1-12-10-13(2)20(17-12)11-16(21)19-9-5-7-15(19)14-6-4-8-18(14)3/h10,14-15H,4-9,11H2,1-3H3/t14-,15+/m0/s1. The van der Waals surface area contributed by atoms with Crippen molar-refractivity contribution < 1.29 is 4.79 Å². The molecule has 0 unspecified atom stereocenters. The minimum absolute atomic E-state index is 0.226. The van der Waals surface area contributed by atoms with Crippen LogP contribution >= 0.6 is 0 Å². The van der Waals surface area contributed by atoms with E-state index >= 15 is 0 Å². The summed E-state index contributed by atoms with van der Waals surface area (Å²) in [4.78, 5) is 17.2. The molecule has 2 saturated heterocycles. The summed E-state index contributed by atoms with van der Waals surface area (Å²) in [5.74, 6) is 0.226. The minimum Gasteiger partial charge on any atom is -0.337 e. The molecule has 3 rings (SSSR count). The molecule has 1 amide bonds. The van der Waals surface area contributed by atoms with Crippen LogP contribution in [0.2, 0.25) is 0 Å². The van der Waals surface area contributed by atoms with E-state index in [4.69, 9.17) is 0 Å². The number of hydrogen-bond donors (Lipinski definition) is 0. The summed E-state index contributed by atoms with van der Waals surface area (Å²) in [5.41, 5.74) is 2.04. The average Bonchev–Trinajstić information content (AvgIpc) is 3.10. The summed E-state index contributed by atoms with van der Waals surface area (Å²) in [6.07, 6.45) is 4.78. The quantitative estimate of drug-likeness (QED) is 0.849. The second-order valence-electron chi connectivity index (χ2n) is 6.57. The highest BCUT2D eigenvalue weighted by molar-refractivity contribution is 5.76.